The fraction of sp³-hybridized carbons (Fsp3) is 0.944. The van der Waals surface area contributed by atoms with Crippen molar-refractivity contribution in [1.29, 1.82) is 0 Å². The molecule has 44 heavy (non-hydrogen) atoms. The summed E-state index contributed by atoms with van der Waals surface area (Å²) in [5.41, 5.74) is 0.348. The van der Waals surface area contributed by atoms with E-state index in [1.807, 2.05) is 0 Å². The summed E-state index contributed by atoms with van der Waals surface area (Å²) in [6.45, 7) is 18.0. The highest BCUT2D eigenvalue weighted by Gasteiger charge is 2.71. The normalized spacial score (nSPS) is 58.6. The number of allylic oxidation sites excluding steroid dienone is 2. The van der Waals surface area contributed by atoms with E-state index in [9.17, 15) is 30.6 Å². The minimum atomic E-state index is -1.49. The largest absolute Gasteiger partial charge is 0.394 e. The van der Waals surface area contributed by atoms with Crippen molar-refractivity contribution in [2.45, 2.75) is 149 Å². The summed E-state index contributed by atoms with van der Waals surface area (Å²) in [6, 6.07) is 0. The van der Waals surface area contributed by atoms with Crippen molar-refractivity contribution < 1.29 is 40.1 Å². The third-order valence-corrected chi connectivity index (χ3v) is 15.5. The van der Waals surface area contributed by atoms with E-state index in [1.165, 1.54) is 5.57 Å². The lowest BCUT2D eigenvalue weighted by atomic mass is 9.32. The number of fused-ring (bicyclic) bond motifs is 7. The van der Waals surface area contributed by atoms with E-state index in [0.717, 1.165) is 32.1 Å². The van der Waals surface area contributed by atoms with Crippen molar-refractivity contribution in [2.24, 2.45) is 56.7 Å². The van der Waals surface area contributed by atoms with Gasteiger partial charge in [0.2, 0.25) is 0 Å². The van der Waals surface area contributed by atoms with Crippen molar-refractivity contribution in [2.75, 3.05) is 6.61 Å². The van der Waals surface area contributed by atoms with Crippen molar-refractivity contribution in [3.8, 4) is 0 Å². The Morgan fingerprint density at radius 1 is 0.864 bits per heavy atom. The molecule has 0 amide bonds. The van der Waals surface area contributed by atoms with Crippen molar-refractivity contribution >= 4 is 0 Å². The first-order valence-electron chi connectivity index (χ1n) is 17.4. The standard InChI is InChI=1S/C36H60O8/c1-18-11-13-34(6)24(39)16-35(7)20(26(34)19(18)2)9-10-23-33(5)14-12-25(32(3,4)30(33)21(38)15-36(23,35)8)44-31-29(42)28(41)27(40)22(17-37)43-31/h9,18-19,21-31,37-42H,10-17H2,1-8H3/t18-,19+,21-,22-,23-,24+,25+,26+,27-,28+,29-,30+,31+,33-,34-,35-,36-/m1/s1. The molecular weight excluding hydrogens is 560 g/mol. The third kappa shape index (κ3) is 4.30. The molecule has 1 saturated heterocycles. The van der Waals surface area contributed by atoms with Crippen LogP contribution in [0, 0.1) is 56.7 Å². The van der Waals surface area contributed by atoms with Crippen LogP contribution < -0.4 is 0 Å². The van der Waals surface area contributed by atoms with Crippen LogP contribution >= 0.6 is 0 Å². The van der Waals surface area contributed by atoms with Crippen LogP contribution in [0.2, 0.25) is 0 Å². The Hall–Kier alpha value is -0.580. The molecule has 17 atom stereocenters. The second-order valence-electron chi connectivity index (χ2n) is 17.7. The molecule has 5 aliphatic carbocycles. The fourth-order valence-electron chi connectivity index (χ4n) is 12.6. The molecule has 8 heteroatoms. The lowest BCUT2D eigenvalue weighted by molar-refractivity contribution is -0.334. The first kappa shape index (κ1) is 33.3. The van der Waals surface area contributed by atoms with Gasteiger partial charge in [-0.1, -0.05) is 67.0 Å². The number of ether oxygens (including phenoxy) is 2. The Labute approximate surface area is 264 Å². The molecule has 1 heterocycles. The van der Waals surface area contributed by atoms with Crippen LogP contribution in [-0.2, 0) is 9.47 Å². The number of rotatable bonds is 3. The van der Waals surface area contributed by atoms with Crippen LogP contribution in [0.4, 0.5) is 0 Å². The molecule has 1 aliphatic heterocycles. The molecule has 0 aromatic carbocycles. The third-order valence-electron chi connectivity index (χ3n) is 15.5. The molecule has 0 radical (unpaired) electrons. The van der Waals surface area contributed by atoms with Crippen LogP contribution in [0.3, 0.4) is 0 Å². The SMILES string of the molecule is C[C@H]1[C@H](C)CC[C@@]2(C)[C@@H]1C1=CC[C@@H]3[C@@]4(C)CC[C@H](O[C@@H]5O[C@H](CO)[C@@H](O)[C@H](O)[C@H]5O)C(C)(C)[C@@H]4[C@H](O)C[C@@]3(C)[C@]1(C)C[C@@H]2O. The molecule has 8 nitrogen and oxygen atoms in total. The molecule has 0 spiro atoms. The van der Waals surface area contributed by atoms with Gasteiger partial charge in [0, 0.05) is 5.41 Å². The fourth-order valence-corrected chi connectivity index (χ4v) is 12.6. The molecule has 6 rings (SSSR count). The van der Waals surface area contributed by atoms with Gasteiger partial charge >= 0.3 is 0 Å². The van der Waals surface area contributed by atoms with Crippen molar-refractivity contribution in [3.05, 3.63) is 11.6 Å². The molecule has 0 bridgehead atoms. The van der Waals surface area contributed by atoms with Crippen LogP contribution in [0.25, 0.3) is 0 Å². The predicted molar refractivity (Wildman–Crippen MR) is 166 cm³/mol. The molecular formula is C36H60O8. The van der Waals surface area contributed by atoms with E-state index < -0.39 is 48.8 Å². The van der Waals surface area contributed by atoms with Gasteiger partial charge in [-0.3, -0.25) is 0 Å². The minimum absolute atomic E-state index is 0.0809. The summed E-state index contributed by atoms with van der Waals surface area (Å²) in [5.74, 6) is 1.70. The van der Waals surface area contributed by atoms with Gasteiger partial charge in [-0.05, 0) is 96.2 Å². The topological polar surface area (TPSA) is 140 Å². The molecule has 252 valence electrons. The Morgan fingerprint density at radius 2 is 1.52 bits per heavy atom. The van der Waals surface area contributed by atoms with E-state index >= 15 is 0 Å². The highest BCUT2D eigenvalue weighted by Crippen LogP contribution is 2.75. The van der Waals surface area contributed by atoms with Crippen molar-refractivity contribution in [3.63, 3.8) is 0 Å². The van der Waals surface area contributed by atoms with E-state index in [1.54, 1.807) is 0 Å². The maximum absolute atomic E-state index is 12.3. The van der Waals surface area contributed by atoms with Gasteiger partial charge in [0.25, 0.3) is 0 Å². The Morgan fingerprint density at radius 3 is 2.18 bits per heavy atom. The smallest absolute Gasteiger partial charge is 0.186 e. The van der Waals surface area contributed by atoms with Crippen LogP contribution in [0.15, 0.2) is 11.6 Å². The zero-order valence-electron chi connectivity index (χ0n) is 28.2. The van der Waals surface area contributed by atoms with Gasteiger partial charge in [-0.2, -0.15) is 0 Å². The van der Waals surface area contributed by atoms with E-state index in [0.29, 0.717) is 36.5 Å². The number of hydrogen-bond donors (Lipinski definition) is 6. The highest BCUT2D eigenvalue weighted by molar-refractivity contribution is 5.35. The lowest BCUT2D eigenvalue weighted by Crippen LogP contribution is -2.70. The minimum Gasteiger partial charge on any atom is -0.394 e. The molecule has 6 aliphatic rings. The maximum atomic E-state index is 12.3. The molecule has 6 N–H and O–H groups in total. The second-order valence-corrected chi connectivity index (χ2v) is 17.7. The summed E-state index contributed by atoms with van der Waals surface area (Å²) in [6.07, 6.45) is 0.761. The summed E-state index contributed by atoms with van der Waals surface area (Å²) in [4.78, 5) is 0. The molecule has 0 unspecified atom stereocenters. The first-order valence-corrected chi connectivity index (χ1v) is 17.4. The van der Waals surface area contributed by atoms with Crippen LogP contribution in [0.5, 0.6) is 0 Å². The van der Waals surface area contributed by atoms with Gasteiger partial charge in [-0.15, -0.1) is 0 Å². The number of hydrogen-bond acceptors (Lipinski definition) is 8. The highest BCUT2D eigenvalue weighted by atomic mass is 16.7. The number of aliphatic hydroxyl groups excluding tert-OH is 6. The van der Waals surface area contributed by atoms with Gasteiger partial charge < -0.3 is 40.1 Å². The molecule has 0 aromatic heterocycles. The average Bonchev–Trinajstić information content (AvgIpc) is 2.93. The maximum Gasteiger partial charge on any atom is 0.186 e. The summed E-state index contributed by atoms with van der Waals surface area (Å²) >= 11 is 0. The average molecular weight is 621 g/mol. The van der Waals surface area contributed by atoms with E-state index in [-0.39, 0.29) is 39.8 Å². The van der Waals surface area contributed by atoms with Crippen LogP contribution in [-0.4, -0.2) is 86.3 Å². The number of aliphatic hydroxyl groups is 6. The van der Waals surface area contributed by atoms with Crippen molar-refractivity contribution in [1.82, 2.24) is 0 Å². The quantitative estimate of drug-likeness (QED) is 0.207. The molecule has 4 saturated carbocycles. The summed E-state index contributed by atoms with van der Waals surface area (Å²) in [7, 11) is 0. The van der Waals surface area contributed by atoms with Gasteiger partial charge in [-0.25, -0.2) is 0 Å². The predicted octanol–water partition coefficient (Wildman–Crippen LogP) is 3.79. The Bertz CT molecular complexity index is 1140. The summed E-state index contributed by atoms with van der Waals surface area (Å²) in [5, 5.41) is 65.2. The zero-order valence-corrected chi connectivity index (χ0v) is 28.2. The lowest BCUT2D eigenvalue weighted by Gasteiger charge is -2.73. The van der Waals surface area contributed by atoms with Gasteiger partial charge in [0.05, 0.1) is 24.9 Å². The van der Waals surface area contributed by atoms with Gasteiger partial charge in [0.15, 0.2) is 6.29 Å². The monoisotopic (exact) mass is 620 g/mol. The first-order chi connectivity index (χ1) is 20.4. The summed E-state index contributed by atoms with van der Waals surface area (Å²) < 4.78 is 12.2. The molecule has 0 aromatic rings. The second kappa shape index (κ2) is 10.7. The van der Waals surface area contributed by atoms with Gasteiger partial charge in [0.1, 0.15) is 24.4 Å². The van der Waals surface area contributed by atoms with Crippen LogP contribution in [0.1, 0.15) is 100 Å². The molecule has 5 fully saturated rings. The Balaban J connectivity index is 1.33. The van der Waals surface area contributed by atoms with E-state index in [4.69, 9.17) is 9.47 Å². The Kier molecular flexibility index (Phi) is 8.11. The zero-order chi connectivity index (χ0) is 32.4. The van der Waals surface area contributed by atoms with E-state index in [2.05, 4.69) is 61.5 Å².